The van der Waals surface area contributed by atoms with Crippen molar-refractivity contribution < 1.29 is 13.6 Å². The minimum atomic E-state index is -1.29. The summed E-state index contributed by atoms with van der Waals surface area (Å²) in [7, 11) is 0. The van der Waals surface area contributed by atoms with Crippen LogP contribution in [0, 0.1) is 24.6 Å². The lowest BCUT2D eigenvalue weighted by Crippen LogP contribution is -2.73. The number of carbonyl (C=O) groups is 1. The number of carbonyl (C=O) groups excluding carboxylic acids is 1. The average Bonchev–Trinajstić information content (AvgIpc) is 3.13. The van der Waals surface area contributed by atoms with Gasteiger partial charge in [0.05, 0.1) is 29.5 Å². The minimum absolute atomic E-state index is 0.00834. The Hall–Kier alpha value is -2.27. The van der Waals surface area contributed by atoms with Gasteiger partial charge >= 0.3 is 0 Å². The van der Waals surface area contributed by atoms with Crippen molar-refractivity contribution in [2.75, 3.05) is 11.9 Å². The molecule has 5 rings (SSSR count). The second-order valence-electron chi connectivity index (χ2n) is 9.34. The molecular formula is C22H31F2N7O. The topological polar surface area (TPSA) is 119 Å². The molecule has 0 radical (unpaired) electrons. The van der Waals surface area contributed by atoms with Crippen LogP contribution in [0.15, 0.2) is 18.3 Å². The number of aromatic nitrogens is 1. The van der Waals surface area contributed by atoms with Gasteiger partial charge < -0.3 is 16.0 Å². The number of aryl methyl sites for hydroxylation is 1. The SMILES string of the molecule is Cc1c[nH]c2c(NC3NC(N[C@@H]4CCCC[C@@H]4N)C(F)C4CNNC(=O)C34)cc(F)cc12. The van der Waals surface area contributed by atoms with E-state index in [-0.39, 0.29) is 23.8 Å². The molecule has 174 valence electrons. The largest absolute Gasteiger partial charge is 0.367 e. The van der Waals surface area contributed by atoms with E-state index in [4.69, 9.17) is 5.73 Å². The van der Waals surface area contributed by atoms with Crippen LogP contribution < -0.4 is 32.5 Å². The molecule has 1 saturated carbocycles. The first-order valence-electron chi connectivity index (χ1n) is 11.4. The van der Waals surface area contributed by atoms with Crippen LogP contribution in [0.5, 0.6) is 0 Å². The number of hydrogen-bond acceptors (Lipinski definition) is 6. The lowest BCUT2D eigenvalue weighted by atomic mass is 9.79. The van der Waals surface area contributed by atoms with Crippen molar-refractivity contribution in [1.82, 2.24) is 26.5 Å². The molecule has 1 aromatic heterocycles. The second kappa shape index (κ2) is 8.58. The van der Waals surface area contributed by atoms with Crippen LogP contribution in [0.2, 0.25) is 0 Å². The molecule has 3 fully saturated rings. The molecule has 1 amide bonds. The van der Waals surface area contributed by atoms with Gasteiger partial charge in [0.1, 0.15) is 12.0 Å². The predicted octanol–water partition coefficient (Wildman–Crippen LogP) is 1.35. The Morgan fingerprint density at radius 2 is 2.00 bits per heavy atom. The van der Waals surface area contributed by atoms with Crippen LogP contribution in [-0.4, -0.2) is 48.0 Å². The van der Waals surface area contributed by atoms with Crippen LogP contribution in [-0.2, 0) is 4.79 Å². The summed E-state index contributed by atoms with van der Waals surface area (Å²) < 4.78 is 30.0. The van der Waals surface area contributed by atoms with Crippen LogP contribution >= 0.6 is 0 Å². The average molecular weight is 448 g/mol. The number of halogens is 2. The third-order valence-corrected chi connectivity index (χ3v) is 7.24. The van der Waals surface area contributed by atoms with Crippen LogP contribution in [0.1, 0.15) is 31.2 Å². The van der Waals surface area contributed by atoms with Gasteiger partial charge in [0, 0.05) is 36.1 Å². The molecule has 8 nitrogen and oxygen atoms in total. The van der Waals surface area contributed by atoms with Gasteiger partial charge in [-0.2, -0.15) is 0 Å². The van der Waals surface area contributed by atoms with Crippen LogP contribution in [0.3, 0.4) is 0 Å². The van der Waals surface area contributed by atoms with Crippen LogP contribution in [0.25, 0.3) is 10.9 Å². The van der Waals surface area contributed by atoms with E-state index in [9.17, 15) is 9.18 Å². The highest BCUT2D eigenvalue weighted by molar-refractivity contribution is 5.93. The molecule has 3 aliphatic rings. The maximum Gasteiger partial charge on any atom is 0.241 e. The molecule has 3 heterocycles. The van der Waals surface area contributed by atoms with E-state index in [0.29, 0.717) is 12.2 Å². The van der Waals surface area contributed by atoms with Gasteiger partial charge in [-0.05, 0) is 37.5 Å². The number of alkyl halides is 1. The Kier molecular flexibility index (Phi) is 5.79. The number of anilines is 1. The van der Waals surface area contributed by atoms with Gasteiger partial charge in [-0.15, -0.1) is 0 Å². The fourth-order valence-electron chi connectivity index (χ4n) is 5.49. The Bertz CT molecular complexity index is 998. The van der Waals surface area contributed by atoms with Crippen molar-refractivity contribution in [2.24, 2.45) is 17.6 Å². The van der Waals surface area contributed by atoms with Gasteiger partial charge in [0.2, 0.25) is 5.91 Å². The normalized spacial score (nSPS) is 35.4. The summed E-state index contributed by atoms with van der Waals surface area (Å²) in [6, 6.07) is 2.86. The fourth-order valence-corrected chi connectivity index (χ4v) is 5.49. The van der Waals surface area contributed by atoms with Crippen molar-refractivity contribution >= 4 is 22.5 Å². The Balaban J connectivity index is 1.44. The number of H-pyrrole nitrogens is 1. The molecule has 2 aliphatic heterocycles. The molecular weight excluding hydrogens is 416 g/mol. The highest BCUT2D eigenvalue weighted by Crippen LogP contribution is 2.34. The Labute approximate surface area is 185 Å². The number of rotatable bonds is 4. The molecule has 1 aliphatic carbocycles. The highest BCUT2D eigenvalue weighted by atomic mass is 19.1. The number of benzene rings is 1. The fraction of sp³-hybridized carbons (Fsp3) is 0.591. The van der Waals surface area contributed by atoms with E-state index in [0.717, 1.165) is 42.1 Å². The zero-order valence-electron chi connectivity index (χ0n) is 18.1. The summed E-state index contributed by atoms with van der Waals surface area (Å²) in [5.74, 6) is -1.89. The predicted molar refractivity (Wildman–Crippen MR) is 119 cm³/mol. The summed E-state index contributed by atoms with van der Waals surface area (Å²) in [6.07, 6.45) is 3.20. The third kappa shape index (κ3) is 3.85. The van der Waals surface area contributed by atoms with Crippen molar-refractivity contribution in [3.63, 3.8) is 0 Å². The summed E-state index contributed by atoms with van der Waals surface area (Å²) in [4.78, 5) is 15.9. The van der Waals surface area contributed by atoms with Gasteiger partial charge in [-0.25, -0.2) is 14.2 Å². The number of amides is 1. The van der Waals surface area contributed by atoms with E-state index in [1.165, 1.54) is 12.1 Å². The zero-order chi connectivity index (χ0) is 22.4. The molecule has 2 aromatic rings. The van der Waals surface area contributed by atoms with Gasteiger partial charge in [-0.3, -0.25) is 20.9 Å². The Morgan fingerprint density at radius 1 is 1.19 bits per heavy atom. The first-order valence-corrected chi connectivity index (χ1v) is 11.4. The van der Waals surface area contributed by atoms with Crippen molar-refractivity contribution in [3.8, 4) is 0 Å². The molecule has 5 unspecified atom stereocenters. The molecule has 10 heteroatoms. The summed E-state index contributed by atoms with van der Waals surface area (Å²) in [6.45, 7) is 2.21. The zero-order valence-corrected chi connectivity index (χ0v) is 18.1. The number of piperidine rings is 1. The molecule has 32 heavy (non-hydrogen) atoms. The van der Waals surface area contributed by atoms with E-state index in [2.05, 4.69) is 31.8 Å². The van der Waals surface area contributed by atoms with Crippen molar-refractivity contribution in [2.45, 2.75) is 63.2 Å². The number of nitrogens with two attached hydrogens (primary N) is 1. The number of nitrogens with one attached hydrogen (secondary N) is 6. The number of hydrazine groups is 1. The molecule has 8 N–H and O–H groups in total. The lowest BCUT2D eigenvalue weighted by Gasteiger charge is -2.48. The van der Waals surface area contributed by atoms with E-state index < -0.39 is 30.3 Å². The highest BCUT2D eigenvalue weighted by Gasteiger charge is 2.50. The van der Waals surface area contributed by atoms with Gasteiger partial charge in [0.15, 0.2) is 0 Å². The van der Waals surface area contributed by atoms with E-state index in [1.54, 1.807) is 0 Å². The summed E-state index contributed by atoms with van der Waals surface area (Å²) in [5, 5.41) is 10.7. The number of hydrogen-bond donors (Lipinski definition) is 7. The van der Waals surface area contributed by atoms with Gasteiger partial charge in [-0.1, -0.05) is 12.8 Å². The van der Waals surface area contributed by atoms with Crippen LogP contribution in [0.4, 0.5) is 14.5 Å². The van der Waals surface area contributed by atoms with E-state index >= 15 is 4.39 Å². The molecule has 0 spiro atoms. The molecule has 0 bridgehead atoms. The summed E-state index contributed by atoms with van der Waals surface area (Å²) >= 11 is 0. The summed E-state index contributed by atoms with van der Waals surface area (Å²) in [5.41, 5.74) is 13.9. The minimum Gasteiger partial charge on any atom is -0.367 e. The van der Waals surface area contributed by atoms with Crippen molar-refractivity contribution in [3.05, 3.63) is 29.7 Å². The maximum absolute atomic E-state index is 15.6. The monoisotopic (exact) mass is 447 g/mol. The van der Waals surface area contributed by atoms with E-state index in [1.807, 2.05) is 13.1 Å². The maximum atomic E-state index is 15.6. The number of fused-ring (bicyclic) bond motifs is 2. The lowest BCUT2D eigenvalue weighted by molar-refractivity contribution is -0.136. The Morgan fingerprint density at radius 3 is 2.81 bits per heavy atom. The molecule has 2 saturated heterocycles. The first-order chi connectivity index (χ1) is 15.4. The third-order valence-electron chi connectivity index (χ3n) is 7.24. The number of aromatic amines is 1. The first kappa shape index (κ1) is 21.6. The standard InChI is InChI=1S/C22H31F2N7O/c1-10-8-26-19-12(10)6-11(23)7-16(19)29-20-17-13(9-27-31-22(17)32)18(24)21(30-20)28-15-5-3-2-4-14(15)25/h6-8,13-15,17-18,20-21,26-30H,2-5,9,25H2,1H3,(H,31,32)/t13?,14-,15+,17?,18?,20?,21?/m0/s1. The molecule has 1 aromatic carbocycles. The molecule has 7 atom stereocenters. The second-order valence-corrected chi connectivity index (χ2v) is 9.34. The quantitative estimate of drug-likeness (QED) is 0.380. The smallest absolute Gasteiger partial charge is 0.241 e. The van der Waals surface area contributed by atoms with Crippen molar-refractivity contribution in [1.29, 1.82) is 0 Å². The van der Waals surface area contributed by atoms with Gasteiger partial charge in [0.25, 0.3) is 0 Å².